The lowest BCUT2D eigenvalue weighted by molar-refractivity contribution is -0.141. The van der Waals surface area contributed by atoms with E-state index in [-0.39, 0.29) is 5.92 Å². The SMILES string of the molecule is CCCC1CC2CCCC(C2)N1C(=O)CC(C)c1c[nH]c2ccc(OC)cc12. The number of hydrogen-bond donors (Lipinski definition) is 1. The van der Waals surface area contributed by atoms with Crippen molar-refractivity contribution in [3.05, 3.63) is 30.0 Å². The fraction of sp³-hybridized carbons (Fsp3) is 0.625. The number of benzene rings is 1. The van der Waals surface area contributed by atoms with Gasteiger partial charge in [0.25, 0.3) is 0 Å². The van der Waals surface area contributed by atoms with Crippen LogP contribution in [0.5, 0.6) is 5.75 Å². The standard InChI is InChI=1S/C24H34N2O2/c1-4-6-18-12-17-7-5-8-19(13-17)26(18)24(27)11-16(2)22-15-25-23-10-9-20(28-3)14-21(22)23/h9-10,14-19,25H,4-8,11-13H2,1-3H3. The molecule has 1 aliphatic carbocycles. The summed E-state index contributed by atoms with van der Waals surface area (Å²) in [6.45, 7) is 4.43. The van der Waals surface area contributed by atoms with Crippen LogP contribution in [0.3, 0.4) is 0 Å². The van der Waals surface area contributed by atoms with Crippen LogP contribution in [0, 0.1) is 5.92 Å². The zero-order valence-corrected chi connectivity index (χ0v) is 17.5. The van der Waals surface area contributed by atoms with E-state index in [1.807, 2.05) is 6.07 Å². The molecule has 4 unspecified atom stereocenters. The molecule has 1 aromatic heterocycles. The van der Waals surface area contributed by atoms with Crippen LogP contribution in [0.1, 0.15) is 76.7 Å². The Bertz CT molecular complexity index is 827. The number of nitrogens with zero attached hydrogens (tertiary/aromatic N) is 1. The molecular formula is C24H34N2O2. The number of methoxy groups -OCH3 is 1. The first-order chi connectivity index (χ1) is 13.6. The minimum absolute atomic E-state index is 0.192. The summed E-state index contributed by atoms with van der Waals surface area (Å²) in [5.74, 6) is 2.25. The number of carbonyl (C=O) groups excluding carboxylic acids is 1. The molecule has 2 aromatic rings. The molecule has 2 bridgehead atoms. The quantitative estimate of drug-likeness (QED) is 0.704. The maximum absolute atomic E-state index is 13.4. The normalized spacial score (nSPS) is 25.7. The Morgan fingerprint density at radius 3 is 2.96 bits per heavy atom. The van der Waals surface area contributed by atoms with E-state index < -0.39 is 0 Å². The molecule has 2 heterocycles. The summed E-state index contributed by atoms with van der Waals surface area (Å²) in [6, 6.07) is 7.04. The number of hydrogen-bond acceptors (Lipinski definition) is 2. The molecule has 1 aliphatic heterocycles. The number of nitrogens with one attached hydrogen (secondary N) is 1. The Morgan fingerprint density at radius 1 is 1.32 bits per heavy atom. The average Bonchev–Trinajstić information content (AvgIpc) is 3.11. The monoisotopic (exact) mass is 382 g/mol. The molecule has 1 saturated carbocycles. The maximum Gasteiger partial charge on any atom is 0.223 e. The van der Waals surface area contributed by atoms with Gasteiger partial charge in [-0.25, -0.2) is 0 Å². The third kappa shape index (κ3) is 3.66. The minimum atomic E-state index is 0.192. The Hall–Kier alpha value is -1.97. The average molecular weight is 383 g/mol. The second kappa shape index (κ2) is 8.18. The molecule has 1 amide bonds. The molecule has 28 heavy (non-hydrogen) atoms. The van der Waals surface area contributed by atoms with E-state index in [0.717, 1.165) is 30.0 Å². The first kappa shape index (κ1) is 19.4. The lowest BCUT2D eigenvalue weighted by Gasteiger charge is -2.48. The number of carbonyl (C=O) groups is 1. The van der Waals surface area contributed by atoms with Crippen LogP contribution in [0.2, 0.25) is 0 Å². The van der Waals surface area contributed by atoms with Gasteiger partial charge in [-0.15, -0.1) is 0 Å². The third-order valence-corrected chi connectivity index (χ3v) is 6.99. The van der Waals surface area contributed by atoms with Gasteiger partial charge in [-0.05, 0) is 61.3 Å². The van der Waals surface area contributed by atoms with Crippen molar-refractivity contribution < 1.29 is 9.53 Å². The van der Waals surface area contributed by atoms with Crippen LogP contribution in [-0.4, -0.2) is 35.0 Å². The minimum Gasteiger partial charge on any atom is -0.497 e. The number of H-pyrrole nitrogens is 1. The molecule has 0 radical (unpaired) electrons. The van der Waals surface area contributed by atoms with Crippen LogP contribution in [0.4, 0.5) is 0 Å². The largest absolute Gasteiger partial charge is 0.497 e. The number of aromatic amines is 1. The molecule has 4 atom stereocenters. The Balaban J connectivity index is 1.53. The van der Waals surface area contributed by atoms with Crippen LogP contribution < -0.4 is 4.74 Å². The maximum atomic E-state index is 13.4. The first-order valence-electron chi connectivity index (χ1n) is 11.1. The zero-order valence-electron chi connectivity index (χ0n) is 17.5. The van der Waals surface area contributed by atoms with Gasteiger partial charge in [-0.3, -0.25) is 4.79 Å². The van der Waals surface area contributed by atoms with Gasteiger partial charge < -0.3 is 14.6 Å². The summed E-state index contributed by atoms with van der Waals surface area (Å²) >= 11 is 0. The zero-order chi connectivity index (χ0) is 19.7. The van der Waals surface area contributed by atoms with Gasteiger partial charge in [0.15, 0.2) is 0 Å². The predicted octanol–water partition coefficient (Wildman–Crippen LogP) is 5.63. The number of aromatic nitrogens is 1. The predicted molar refractivity (Wildman–Crippen MR) is 114 cm³/mol. The van der Waals surface area contributed by atoms with Gasteiger partial charge in [0.1, 0.15) is 5.75 Å². The fourth-order valence-corrected chi connectivity index (χ4v) is 5.66. The second-order valence-corrected chi connectivity index (χ2v) is 8.93. The number of likely N-dealkylation sites (tertiary alicyclic amines) is 1. The molecule has 1 saturated heterocycles. The molecule has 4 heteroatoms. The van der Waals surface area contributed by atoms with Crippen LogP contribution in [0.25, 0.3) is 10.9 Å². The van der Waals surface area contributed by atoms with Crippen LogP contribution in [0.15, 0.2) is 24.4 Å². The van der Waals surface area contributed by atoms with Gasteiger partial charge in [-0.2, -0.15) is 0 Å². The number of piperidine rings is 1. The van der Waals surface area contributed by atoms with E-state index >= 15 is 0 Å². The highest BCUT2D eigenvalue weighted by Crippen LogP contribution is 2.40. The second-order valence-electron chi connectivity index (χ2n) is 8.93. The lowest BCUT2D eigenvalue weighted by atomic mass is 9.75. The number of amides is 1. The van der Waals surface area contributed by atoms with Crippen molar-refractivity contribution in [3.63, 3.8) is 0 Å². The van der Waals surface area contributed by atoms with Crippen molar-refractivity contribution in [2.45, 2.75) is 83.2 Å². The molecule has 1 N–H and O–H groups in total. The Labute approximate surface area is 168 Å². The van der Waals surface area contributed by atoms with Gasteiger partial charge in [0.2, 0.25) is 5.91 Å². The van der Waals surface area contributed by atoms with E-state index in [9.17, 15) is 4.79 Å². The van der Waals surface area contributed by atoms with E-state index in [1.165, 1.54) is 43.1 Å². The summed E-state index contributed by atoms with van der Waals surface area (Å²) in [5.41, 5.74) is 2.32. The third-order valence-electron chi connectivity index (χ3n) is 6.99. The lowest BCUT2D eigenvalue weighted by Crippen LogP contribution is -2.53. The smallest absolute Gasteiger partial charge is 0.223 e. The van der Waals surface area contributed by atoms with Crippen LogP contribution in [-0.2, 0) is 4.79 Å². The molecular weight excluding hydrogens is 348 g/mol. The molecule has 4 rings (SSSR count). The van der Waals surface area contributed by atoms with Gasteiger partial charge >= 0.3 is 0 Å². The Kier molecular flexibility index (Phi) is 5.65. The van der Waals surface area contributed by atoms with Crippen molar-refractivity contribution in [3.8, 4) is 5.75 Å². The van der Waals surface area contributed by atoms with Crippen molar-refractivity contribution in [2.24, 2.45) is 5.92 Å². The first-order valence-corrected chi connectivity index (χ1v) is 11.1. The highest BCUT2D eigenvalue weighted by atomic mass is 16.5. The van der Waals surface area contributed by atoms with Crippen molar-refractivity contribution in [1.82, 2.24) is 9.88 Å². The summed E-state index contributed by atoms with van der Waals surface area (Å²) in [5, 5.41) is 1.17. The molecule has 0 spiro atoms. The fourth-order valence-electron chi connectivity index (χ4n) is 5.66. The van der Waals surface area contributed by atoms with Crippen molar-refractivity contribution in [1.29, 1.82) is 0 Å². The van der Waals surface area contributed by atoms with Crippen molar-refractivity contribution >= 4 is 16.8 Å². The molecule has 152 valence electrons. The number of fused-ring (bicyclic) bond motifs is 3. The van der Waals surface area contributed by atoms with E-state index in [4.69, 9.17) is 4.74 Å². The Morgan fingerprint density at radius 2 is 2.18 bits per heavy atom. The molecule has 4 nitrogen and oxygen atoms in total. The van der Waals surface area contributed by atoms with Gasteiger partial charge in [0, 0.05) is 35.6 Å². The summed E-state index contributed by atoms with van der Waals surface area (Å²) < 4.78 is 5.40. The molecule has 2 fully saturated rings. The highest BCUT2D eigenvalue weighted by Gasteiger charge is 2.40. The summed E-state index contributed by atoms with van der Waals surface area (Å²) in [6.07, 6.45) is 11.3. The highest BCUT2D eigenvalue weighted by molar-refractivity contribution is 5.86. The number of ether oxygens (including phenoxy) is 1. The van der Waals surface area contributed by atoms with Gasteiger partial charge in [0.05, 0.1) is 7.11 Å². The van der Waals surface area contributed by atoms with E-state index in [1.54, 1.807) is 7.11 Å². The topological polar surface area (TPSA) is 45.3 Å². The molecule has 1 aromatic carbocycles. The molecule has 2 aliphatic rings. The number of rotatable bonds is 6. The van der Waals surface area contributed by atoms with Gasteiger partial charge in [-0.1, -0.05) is 33.1 Å². The van der Waals surface area contributed by atoms with Crippen molar-refractivity contribution in [2.75, 3.05) is 7.11 Å². The van der Waals surface area contributed by atoms with E-state index in [2.05, 4.69) is 42.1 Å². The van der Waals surface area contributed by atoms with Crippen LogP contribution >= 0.6 is 0 Å². The summed E-state index contributed by atoms with van der Waals surface area (Å²) in [4.78, 5) is 19.1. The summed E-state index contributed by atoms with van der Waals surface area (Å²) in [7, 11) is 1.70. The van der Waals surface area contributed by atoms with E-state index in [0.29, 0.717) is 24.4 Å².